The first kappa shape index (κ1) is 35.8. The quantitative estimate of drug-likeness (QED) is 0.0765. The fourth-order valence-corrected chi connectivity index (χ4v) is 6.02. The zero-order chi connectivity index (χ0) is 34.6. The van der Waals surface area contributed by atoms with Gasteiger partial charge in [-0.3, -0.25) is 14.5 Å². The SMILES string of the molecule is CC(c1ccccc1)N(C)CC1CC(c2ccc(CO)cc2)OC(c2ccc(NC(=O)CCCCCC(=O)Nc3ccccc3N)cc2)O1. The molecule has 9 nitrogen and oxygen atoms in total. The molecule has 9 heteroatoms. The zero-order valence-corrected chi connectivity index (χ0v) is 28.4. The normalized spacial score (nSPS) is 18.2. The number of carbonyl (C=O) groups excluding carboxylic acids is 2. The van der Waals surface area contributed by atoms with Gasteiger partial charge in [-0.2, -0.15) is 0 Å². The Kier molecular flexibility index (Phi) is 12.9. The summed E-state index contributed by atoms with van der Waals surface area (Å²) < 4.78 is 13.1. The van der Waals surface area contributed by atoms with Gasteiger partial charge in [0.15, 0.2) is 6.29 Å². The number of amides is 2. The third kappa shape index (κ3) is 10.5. The van der Waals surface area contributed by atoms with Gasteiger partial charge in [-0.05, 0) is 67.8 Å². The molecule has 1 fully saturated rings. The van der Waals surface area contributed by atoms with Crippen LogP contribution in [0.5, 0.6) is 0 Å². The number of nitrogen functional groups attached to an aromatic ring is 1. The number of anilines is 3. The van der Waals surface area contributed by atoms with E-state index in [9.17, 15) is 14.7 Å². The number of ether oxygens (including phenoxy) is 2. The van der Waals surface area contributed by atoms with E-state index in [2.05, 4.69) is 53.8 Å². The lowest BCUT2D eigenvalue weighted by atomic mass is 9.99. The van der Waals surface area contributed by atoms with Crippen LogP contribution in [0.2, 0.25) is 0 Å². The lowest BCUT2D eigenvalue weighted by Gasteiger charge is -2.39. The van der Waals surface area contributed by atoms with Crippen molar-refractivity contribution in [1.29, 1.82) is 0 Å². The molecule has 49 heavy (non-hydrogen) atoms. The minimum atomic E-state index is -0.581. The smallest absolute Gasteiger partial charge is 0.224 e. The van der Waals surface area contributed by atoms with E-state index in [0.717, 1.165) is 29.7 Å². The van der Waals surface area contributed by atoms with Gasteiger partial charge in [0, 0.05) is 43.1 Å². The summed E-state index contributed by atoms with van der Waals surface area (Å²) in [5, 5.41) is 15.3. The molecule has 5 N–H and O–H groups in total. The highest BCUT2D eigenvalue weighted by Crippen LogP contribution is 2.39. The number of carbonyl (C=O) groups is 2. The lowest BCUT2D eigenvalue weighted by Crippen LogP contribution is -2.38. The van der Waals surface area contributed by atoms with Gasteiger partial charge < -0.3 is 30.9 Å². The molecule has 2 amide bonds. The Morgan fingerprint density at radius 3 is 2.12 bits per heavy atom. The Balaban J connectivity index is 1.13. The van der Waals surface area contributed by atoms with Gasteiger partial charge in [-0.25, -0.2) is 0 Å². The van der Waals surface area contributed by atoms with Crippen LogP contribution in [0.25, 0.3) is 0 Å². The number of rotatable bonds is 15. The van der Waals surface area contributed by atoms with Gasteiger partial charge in [0.05, 0.1) is 30.2 Å². The molecule has 0 radical (unpaired) electrons. The fourth-order valence-electron chi connectivity index (χ4n) is 6.02. The fraction of sp³-hybridized carbons (Fsp3) is 0.350. The molecule has 1 aliphatic heterocycles. The van der Waals surface area contributed by atoms with Crippen molar-refractivity contribution in [3.63, 3.8) is 0 Å². The van der Waals surface area contributed by atoms with Gasteiger partial charge in [0.25, 0.3) is 0 Å². The van der Waals surface area contributed by atoms with Gasteiger partial charge in [0.2, 0.25) is 11.8 Å². The Hall–Kier alpha value is -4.54. The van der Waals surface area contributed by atoms with Crippen LogP contribution in [0.1, 0.15) is 86.1 Å². The molecule has 4 atom stereocenters. The minimum Gasteiger partial charge on any atom is -0.397 e. The van der Waals surface area contributed by atoms with Gasteiger partial charge in [0.1, 0.15) is 0 Å². The Morgan fingerprint density at radius 1 is 0.816 bits per heavy atom. The van der Waals surface area contributed by atoms with Crippen molar-refractivity contribution in [3.8, 4) is 0 Å². The molecule has 1 saturated heterocycles. The maximum absolute atomic E-state index is 12.6. The number of nitrogens with one attached hydrogen (secondary N) is 2. The van der Waals surface area contributed by atoms with Gasteiger partial charge >= 0.3 is 0 Å². The average molecular weight is 665 g/mol. The predicted octanol–water partition coefficient (Wildman–Crippen LogP) is 7.53. The van der Waals surface area contributed by atoms with Crippen LogP contribution in [-0.4, -0.2) is 41.5 Å². The monoisotopic (exact) mass is 664 g/mol. The van der Waals surface area contributed by atoms with Gasteiger partial charge in [-0.15, -0.1) is 0 Å². The Morgan fingerprint density at radius 2 is 1.45 bits per heavy atom. The van der Waals surface area contributed by atoms with E-state index in [1.807, 2.05) is 66.7 Å². The van der Waals surface area contributed by atoms with E-state index in [-0.39, 0.29) is 36.7 Å². The largest absolute Gasteiger partial charge is 0.397 e. The number of unbranched alkanes of at least 4 members (excludes halogenated alkanes) is 2. The van der Waals surface area contributed by atoms with Crippen molar-refractivity contribution in [1.82, 2.24) is 4.90 Å². The molecule has 1 aliphatic rings. The second-order valence-corrected chi connectivity index (χ2v) is 12.7. The second kappa shape index (κ2) is 17.7. The molecular formula is C40H48N4O5. The maximum Gasteiger partial charge on any atom is 0.224 e. The number of hydrogen-bond donors (Lipinski definition) is 4. The van der Waals surface area contributed by atoms with E-state index in [1.165, 1.54) is 5.56 Å². The third-order valence-corrected chi connectivity index (χ3v) is 9.06. The highest BCUT2D eigenvalue weighted by molar-refractivity contribution is 5.93. The standard InChI is InChI=1S/C40H48N4O5/c1-28(30-11-5-3-6-12-30)44(2)26-34-25-37(31-19-17-29(27-45)18-20-31)49-40(48-34)32-21-23-33(24-22-32)42-38(46)15-7-4-8-16-39(47)43-36-14-10-9-13-35(36)41/h3,5-6,9-14,17-24,28,34,37,40,45H,4,7-8,15-16,25-27,41H2,1-2H3,(H,42,46)(H,43,47). The van der Waals surface area contributed by atoms with Crippen LogP contribution in [0, 0.1) is 0 Å². The summed E-state index contributed by atoms with van der Waals surface area (Å²) in [6.07, 6.45) is 2.74. The average Bonchev–Trinajstić information content (AvgIpc) is 3.12. The molecule has 4 aromatic carbocycles. The molecular weight excluding hydrogens is 616 g/mol. The van der Waals surface area contributed by atoms with E-state index in [0.29, 0.717) is 49.2 Å². The van der Waals surface area contributed by atoms with Crippen LogP contribution in [0.4, 0.5) is 17.1 Å². The van der Waals surface area contributed by atoms with Crippen molar-refractivity contribution in [2.24, 2.45) is 0 Å². The summed E-state index contributed by atoms with van der Waals surface area (Å²) in [6.45, 7) is 2.92. The number of para-hydroxylation sites is 2. The Bertz CT molecular complexity index is 1630. The van der Waals surface area contributed by atoms with Crippen molar-refractivity contribution >= 4 is 28.9 Å². The topological polar surface area (TPSA) is 126 Å². The predicted molar refractivity (Wildman–Crippen MR) is 194 cm³/mol. The number of aliphatic hydroxyl groups is 1. The molecule has 0 bridgehead atoms. The molecule has 0 spiro atoms. The molecule has 4 unspecified atom stereocenters. The van der Waals surface area contributed by atoms with Crippen LogP contribution >= 0.6 is 0 Å². The molecule has 4 aromatic rings. The van der Waals surface area contributed by atoms with Crippen molar-refractivity contribution in [2.45, 2.75) is 76.6 Å². The third-order valence-electron chi connectivity index (χ3n) is 9.06. The van der Waals surface area contributed by atoms with E-state index in [1.54, 1.807) is 12.1 Å². The summed E-state index contributed by atoms with van der Waals surface area (Å²) in [6, 6.07) is 33.3. The number of likely N-dealkylation sites (N-methyl/N-ethyl adjacent to an activating group) is 1. The van der Waals surface area contributed by atoms with Crippen molar-refractivity contribution in [3.05, 3.63) is 125 Å². The van der Waals surface area contributed by atoms with E-state index >= 15 is 0 Å². The number of nitrogens with two attached hydrogens (primary N) is 1. The molecule has 5 rings (SSSR count). The van der Waals surface area contributed by atoms with E-state index in [4.69, 9.17) is 15.2 Å². The summed E-state index contributed by atoms with van der Waals surface area (Å²) >= 11 is 0. The number of nitrogens with zero attached hydrogens (tertiary/aromatic N) is 1. The summed E-state index contributed by atoms with van der Waals surface area (Å²) in [5.41, 5.74) is 11.8. The minimum absolute atomic E-state index is 0.00457. The second-order valence-electron chi connectivity index (χ2n) is 12.7. The molecule has 1 heterocycles. The number of aliphatic hydroxyl groups excluding tert-OH is 1. The maximum atomic E-state index is 12.6. The van der Waals surface area contributed by atoms with Crippen LogP contribution < -0.4 is 16.4 Å². The van der Waals surface area contributed by atoms with Crippen molar-refractivity contribution < 1.29 is 24.2 Å². The van der Waals surface area contributed by atoms with Crippen molar-refractivity contribution in [2.75, 3.05) is 30.0 Å². The summed E-state index contributed by atoms with van der Waals surface area (Å²) in [5.74, 6) is -0.152. The van der Waals surface area contributed by atoms with Crippen LogP contribution in [0.3, 0.4) is 0 Å². The first-order chi connectivity index (χ1) is 23.8. The molecule has 258 valence electrons. The van der Waals surface area contributed by atoms with Gasteiger partial charge in [-0.1, -0.05) is 85.3 Å². The molecule has 0 saturated carbocycles. The number of hydrogen-bond acceptors (Lipinski definition) is 7. The summed E-state index contributed by atoms with van der Waals surface area (Å²) in [4.78, 5) is 27.2. The Labute approximate surface area is 289 Å². The highest BCUT2D eigenvalue weighted by atomic mass is 16.7. The molecule has 0 aromatic heterocycles. The first-order valence-corrected chi connectivity index (χ1v) is 17.1. The molecule has 0 aliphatic carbocycles. The lowest BCUT2D eigenvalue weighted by molar-refractivity contribution is -0.253. The number of benzene rings is 4. The van der Waals surface area contributed by atoms with Crippen LogP contribution in [0.15, 0.2) is 103 Å². The summed E-state index contributed by atoms with van der Waals surface area (Å²) in [7, 11) is 2.12. The van der Waals surface area contributed by atoms with Crippen LogP contribution in [-0.2, 0) is 25.7 Å². The zero-order valence-electron chi connectivity index (χ0n) is 28.4. The highest BCUT2D eigenvalue weighted by Gasteiger charge is 2.33. The van der Waals surface area contributed by atoms with E-state index < -0.39 is 6.29 Å². The first-order valence-electron chi connectivity index (χ1n) is 17.1.